The number of amides is 1. The van der Waals surface area contributed by atoms with E-state index in [-0.39, 0.29) is 17.9 Å². The summed E-state index contributed by atoms with van der Waals surface area (Å²) < 4.78 is 22.8. The fourth-order valence-corrected chi connectivity index (χ4v) is 3.81. The van der Waals surface area contributed by atoms with Crippen LogP contribution in [0.1, 0.15) is 12.8 Å². The zero-order valence-electron chi connectivity index (χ0n) is 9.87. The summed E-state index contributed by atoms with van der Waals surface area (Å²) in [6.07, 6.45) is 0.123. The molecule has 0 aromatic heterocycles. The molecule has 5 N–H and O–H groups in total. The van der Waals surface area contributed by atoms with Crippen LogP contribution < -0.4 is 11.5 Å². The fourth-order valence-electron chi connectivity index (χ4n) is 0.980. The number of primary amides is 1. The Balaban J connectivity index is 3.71. The van der Waals surface area contributed by atoms with Crippen LogP contribution in [0, 0.1) is 0 Å². The predicted molar refractivity (Wildman–Crippen MR) is 70.0 cm³/mol. The molecule has 0 heterocycles. The molecule has 0 saturated carbocycles. The van der Waals surface area contributed by atoms with Gasteiger partial charge in [-0.3, -0.25) is 9.59 Å². The number of carboxylic acids is 1. The molecule has 0 spiro atoms. The van der Waals surface area contributed by atoms with Crippen molar-refractivity contribution < 1.29 is 23.1 Å². The van der Waals surface area contributed by atoms with Crippen molar-refractivity contribution in [3.63, 3.8) is 0 Å². The topological polar surface area (TPSA) is 141 Å². The highest BCUT2D eigenvalue weighted by atomic mass is 32.2. The van der Waals surface area contributed by atoms with Gasteiger partial charge in [0, 0.05) is 12.2 Å². The number of carbonyl (C=O) groups is 2. The second-order valence-electron chi connectivity index (χ2n) is 3.71. The van der Waals surface area contributed by atoms with Crippen LogP contribution in [-0.4, -0.2) is 54.5 Å². The first kappa shape index (κ1) is 17.2. The SMILES string of the molecule is NC(=O)CCS(=O)(=O)CCSCCC(N)C(=O)O. The van der Waals surface area contributed by atoms with Crippen LogP contribution in [0.5, 0.6) is 0 Å². The Hall–Kier alpha value is -0.800. The first-order chi connectivity index (χ1) is 8.24. The third kappa shape index (κ3) is 9.25. The molecule has 0 rings (SSSR count). The molecule has 9 heteroatoms. The maximum atomic E-state index is 11.4. The van der Waals surface area contributed by atoms with Crippen molar-refractivity contribution in [2.45, 2.75) is 18.9 Å². The Bertz CT molecular complexity index is 382. The zero-order chi connectivity index (χ0) is 14.2. The first-order valence-corrected chi connectivity index (χ1v) is 8.27. The molecule has 0 aromatic rings. The van der Waals surface area contributed by atoms with Gasteiger partial charge in [-0.05, 0) is 12.2 Å². The van der Waals surface area contributed by atoms with Crippen LogP contribution in [0.25, 0.3) is 0 Å². The van der Waals surface area contributed by atoms with Gasteiger partial charge in [-0.1, -0.05) is 0 Å². The van der Waals surface area contributed by atoms with Crippen molar-refractivity contribution in [3.8, 4) is 0 Å². The van der Waals surface area contributed by atoms with Gasteiger partial charge < -0.3 is 16.6 Å². The van der Waals surface area contributed by atoms with Gasteiger partial charge in [0.2, 0.25) is 5.91 Å². The van der Waals surface area contributed by atoms with Crippen LogP contribution in [0.2, 0.25) is 0 Å². The molecule has 0 fully saturated rings. The maximum Gasteiger partial charge on any atom is 0.320 e. The van der Waals surface area contributed by atoms with E-state index < -0.39 is 27.8 Å². The number of carbonyl (C=O) groups excluding carboxylic acids is 1. The average Bonchev–Trinajstić information content (AvgIpc) is 2.25. The monoisotopic (exact) mass is 298 g/mol. The molecule has 1 atom stereocenters. The lowest BCUT2D eigenvalue weighted by Crippen LogP contribution is -2.30. The number of sulfone groups is 1. The molecule has 0 saturated heterocycles. The minimum absolute atomic E-state index is 0.0484. The molecule has 106 valence electrons. The van der Waals surface area contributed by atoms with Crippen molar-refractivity contribution in [3.05, 3.63) is 0 Å². The highest BCUT2D eigenvalue weighted by molar-refractivity contribution is 8.00. The molecule has 0 aliphatic rings. The number of rotatable bonds is 10. The second kappa shape index (κ2) is 8.33. The molecular formula is C9H18N2O5S2. The van der Waals surface area contributed by atoms with E-state index in [4.69, 9.17) is 16.6 Å². The molecule has 1 unspecified atom stereocenters. The molecule has 7 nitrogen and oxygen atoms in total. The molecule has 0 radical (unpaired) electrons. The highest BCUT2D eigenvalue weighted by Crippen LogP contribution is 2.06. The average molecular weight is 298 g/mol. The number of hydrogen-bond acceptors (Lipinski definition) is 6. The smallest absolute Gasteiger partial charge is 0.320 e. The Morgan fingerprint density at radius 2 is 1.83 bits per heavy atom. The number of aliphatic carboxylic acids is 1. The molecule has 0 aliphatic carbocycles. The van der Waals surface area contributed by atoms with Crippen LogP contribution in [0.15, 0.2) is 0 Å². The van der Waals surface area contributed by atoms with E-state index in [1.807, 2.05) is 0 Å². The summed E-state index contributed by atoms with van der Waals surface area (Å²) in [5, 5.41) is 8.52. The molecule has 1 amide bonds. The largest absolute Gasteiger partial charge is 0.480 e. The number of thioether (sulfide) groups is 1. The van der Waals surface area contributed by atoms with E-state index in [1.54, 1.807) is 0 Å². The minimum Gasteiger partial charge on any atom is -0.480 e. The van der Waals surface area contributed by atoms with Gasteiger partial charge >= 0.3 is 5.97 Å². The third-order valence-electron chi connectivity index (χ3n) is 2.09. The Morgan fingerprint density at radius 1 is 1.22 bits per heavy atom. The molecule has 0 aromatic carbocycles. The molecule has 0 aliphatic heterocycles. The second-order valence-corrected chi connectivity index (χ2v) is 7.24. The van der Waals surface area contributed by atoms with Crippen molar-refractivity contribution in [2.75, 3.05) is 23.0 Å². The van der Waals surface area contributed by atoms with Gasteiger partial charge in [-0.2, -0.15) is 11.8 Å². The standard InChI is InChI=1S/C9H18N2O5S2/c10-7(9(13)14)1-3-17-4-6-18(15,16)5-2-8(11)12/h7H,1-6,10H2,(H2,11,12)(H,13,14). The number of nitrogens with two attached hydrogens (primary N) is 2. The van der Waals surface area contributed by atoms with Crippen LogP contribution in [-0.2, 0) is 19.4 Å². The van der Waals surface area contributed by atoms with Gasteiger partial charge in [0.05, 0.1) is 11.5 Å². The lowest BCUT2D eigenvalue weighted by Gasteiger charge is -2.06. The lowest BCUT2D eigenvalue weighted by molar-refractivity contribution is -0.138. The van der Waals surface area contributed by atoms with Gasteiger partial charge in [0.15, 0.2) is 9.84 Å². The van der Waals surface area contributed by atoms with Crippen molar-refractivity contribution >= 4 is 33.5 Å². The molecule has 0 bridgehead atoms. The van der Waals surface area contributed by atoms with Gasteiger partial charge in [0.25, 0.3) is 0 Å². The summed E-state index contributed by atoms with van der Waals surface area (Å²) in [6.45, 7) is 0. The Labute approximate surface area is 110 Å². The molecular weight excluding hydrogens is 280 g/mol. The van der Waals surface area contributed by atoms with Crippen molar-refractivity contribution in [1.82, 2.24) is 0 Å². The van der Waals surface area contributed by atoms with Crippen LogP contribution >= 0.6 is 11.8 Å². The predicted octanol–water partition coefficient (Wildman–Crippen LogP) is -1.19. The lowest BCUT2D eigenvalue weighted by atomic mass is 10.2. The first-order valence-electron chi connectivity index (χ1n) is 5.29. The van der Waals surface area contributed by atoms with E-state index in [2.05, 4.69) is 0 Å². The summed E-state index contributed by atoms with van der Waals surface area (Å²) >= 11 is 1.32. The summed E-state index contributed by atoms with van der Waals surface area (Å²) in [6, 6.07) is -0.913. The summed E-state index contributed by atoms with van der Waals surface area (Å²) in [5.74, 6) is -1.15. The Morgan fingerprint density at radius 3 is 2.33 bits per heavy atom. The summed E-state index contributed by atoms with van der Waals surface area (Å²) in [4.78, 5) is 20.8. The van der Waals surface area contributed by atoms with Gasteiger partial charge in [-0.25, -0.2) is 8.42 Å². The molecule has 18 heavy (non-hydrogen) atoms. The van der Waals surface area contributed by atoms with E-state index in [0.717, 1.165) is 0 Å². The third-order valence-corrected chi connectivity index (χ3v) is 5.02. The van der Waals surface area contributed by atoms with E-state index >= 15 is 0 Å². The van der Waals surface area contributed by atoms with Gasteiger partial charge in [0.1, 0.15) is 6.04 Å². The van der Waals surface area contributed by atoms with Crippen molar-refractivity contribution in [2.24, 2.45) is 11.5 Å². The van der Waals surface area contributed by atoms with E-state index in [1.165, 1.54) is 11.8 Å². The van der Waals surface area contributed by atoms with Gasteiger partial charge in [-0.15, -0.1) is 0 Å². The number of carboxylic acid groups (broad SMARTS) is 1. The Kier molecular flexibility index (Phi) is 7.96. The normalized spacial score (nSPS) is 13.2. The number of hydrogen-bond donors (Lipinski definition) is 3. The van der Waals surface area contributed by atoms with Crippen LogP contribution in [0.3, 0.4) is 0 Å². The summed E-state index contributed by atoms with van der Waals surface area (Å²) in [7, 11) is -3.26. The summed E-state index contributed by atoms with van der Waals surface area (Å²) in [5.41, 5.74) is 10.1. The van der Waals surface area contributed by atoms with Crippen LogP contribution in [0.4, 0.5) is 0 Å². The minimum atomic E-state index is -3.26. The highest BCUT2D eigenvalue weighted by Gasteiger charge is 2.13. The van der Waals surface area contributed by atoms with E-state index in [0.29, 0.717) is 17.9 Å². The quantitative estimate of drug-likeness (QED) is 0.431. The fraction of sp³-hybridized carbons (Fsp3) is 0.778. The van der Waals surface area contributed by atoms with E-state index in [9.17, 15) is 18.0 Å². The van der Waals surface area contributed by atoms with Crippen molar-refractivity contribution in [1.29, 1.82) is 0 Å². The maximum absolute atomic E-state index is 11.4. The zero-order valence-corrected chi connectivity index (χ0v) is 11.5.